The summed E-state index contributed by atoms with van der Waals surface area (Å²) in [5, 5.41) is 6.32. The fourth-order valence-corrected chi connectivity index (χ4v) is 4.01. The number of thioether (sulfide) groups is 1. The van der Waals surface area contributed by atoms with Crippen molar-refractivity contribution in [2.45, 2.75) is 31.8 Å². The van der Waals surface area contributed by atoms with Crippen LogP contribution in [0.4, 0.5) is 0 Å². The van der Waals surface area contributed by atoms with E-state index < -0.39 is 0 Å². The number of aryl methyl sites for hydroxylation is 1. The summed E-state index contributed by atoms with van der Waals surface area (Å²) in [6.07, 6.45) is 1.65. The maximum absolute atomic E-state index is 12.4. The zero-order valence-corrected chi connectivity index (χ0v) is 14.2. The molecule has 1 unspecified atom stereocenters. The van der Waals surface area contributed by atoms with Crippen molar-refractivity contribution in [3.8, 4) is 0 Å². The van der Waals surface area contributed by atoms with E-state index in [9.17, 15) is 9.59 Å². The van der Waals surface area contributed by atoms with Gasteiger partial charge in [0.25, 0.3) is 5.91 Å². The maximum Gasteiger partial charge on any atom is 0.251 e. The molecule has 2 aliphatic heterocycles. The molecule has 2 heterocycles. The lowest BCUT2D eigenvalue weighted by Crippen LogP contribution is -2.51. The Labute approximate surface area is 141 Å². The Bertz CT molecular complexity index is 579. The van der Waals surface area contributed by atoms with Crippen molar-refractivity contribution in [3.05, 3.63) is 35.4 Å². The number of hydrogen-bond donors (Lipinski definition) is 2. The fourth-order valence-electron chi connectivity index (χ4n) is 3.07. The van der Waals surface area contributed by atoms with E-state index in [-0.39, 0.29) is 23.9 Å². The smallest absolute Gasteiger partial charge is 0.251 e. The molecule has 1 aromatic rings. The molecule has 2 N–H and O–H groups in total. The molecule has 1 atom stereocenters. The zero-order chi connectivity index (χ0) is 16.2. The van der Waals surface area contributed by atoms with Crippen molar-refractivity contribution in [2.24, 2.45) is 0 Å². The quantitative estimate of drug-likeness (QED) is 0.877. The third kappa shape index (κ3) is 4.06. The van der Waals surface area contributed by atoms with Crippen LogP contribution >= 0.6 is 11.8 Å². The number of nitrogens with one attached hydrogen (secondary N) is 2. The lowest BCUT2D eigenvalue weighted by Gasteiger charge is -2.33. The van der Waals surface area contributed by atoms with Crippen LogP contribution in [0.15, 0.2) is 24.3 Å². The van der Waals surface area contributed by atoms with Gasteiger partial charge in [-0.25, -0.2) is 0 Å². The zero-order valence-electron chi connectivity index (χ0n) is 13.4. The molecule has 2 aliphatic rings. The van der Waals surface area contributed by atoms with Gasteiger partial charge in [0.15, 0.2) is 0 Å². The highest BCUT2D eigenvalue weighted by Gasteiger charge is 2.30. The first-order chi connectivity index (χ1) is 11.1. The van der Waals surface area contributed by atoms with Gasteiger partial charge in [-0.3, -0.25) is 14.9 Å². The molecule has 6 heteroatoms. The molecule has 2 amide bonds. The van der Waals surface area contributed by atoms with Crippen LogP contribution < -0.4 is 10.6 Å². The minimum atomic E-state index is -0.0292. The number of carbonyl (C=O) groups excluding carboxylic acids is 2. The van der Waals surface area contributed by atoms with Crippen molar-refractivity contribution in [2.75, 3.05) is 24.7 Å². The number of likely N-dealkylation sites (tertiary alicyclic amines) is 1. The van der Waals surface area contributed by atoms with E-state index in [0.717, 1.165) is 43.1 Å². The maximum atomic E-state index is 12.4. The number of carbonyl (C=O) groups is 2. The molecule has 124 valence electrons. The predicted octanol–water partition coefficient (Wildman–Crippen LogP) is 1.38. The molecule has 0 bridgehead atoms. The van der Waals surface area contributed by atoms with E-state index >= 15 is 0 Å². The van der Waals surface area contributed by atoms with Crippen molar-refractivity contribution < 1.29 is 9.59 Å². The highest BCUT2D eigenvalue weighted by atomic mass is 32.2. The fraction of sp³-hybridized carbons (Fsp3) is 0.529. The average Bonchev–Trinajstić information content (AvgIpc) is 3.09. The standard InChI is InChI=1S/C17H23N3O2S/c1-12-3-2-4-13(9-12)16(21)19-14-5-7-20(8-6-14)17(22)15-10-23-11-18-15/h2-4,9,14-15,18H,5-8,10-11H2,1H3,(H,19,21). The van der Waals surface area contributed by atoms with Gasteiger partial charge in [0.1, 0.15) is 0 Å². The highest BCUT2D eigenvalue weighted by Crippen LogP contribution is 2.16. The van der Waals surface area contributed by atoms with Crippen LogP contribution in [0.5, 0.6) is 0 Å². The number of amides is 2. The van der Waals surface area contributed by atoms with Gasteiger partial charge in [0.05, 0.1) is 6.04 Å². The third-order valence-electron chi connectivity index (χ3n) is 4.44. The Balaban J connectivity index is 1.49. The normalized spacial score (nSPS) is 22.1. The lowest BCUT2D eigenvalue weighted by molar-refractivity contribution is -0.133. The minimum absolute atomic E-state index is 0.0210. The SMILES string of the molecule is Cc1cccc(C(=O)NC2CCN(C(=O)C3CSCN3)CC2)c1. The largest absolute Gasteiger partial charge is 0.349 e. The van der Waals surface area contributed by atoms with Crippen molar-refractivity contribution in [1.82, 2.24) is 15.5 Å². The topological polar surface area (TPSA) is 61.4 Å². The summed E-state index contributed by atoms with van der Waals surface area (Å²) in [5.74, 6) is 1.91. The molecule has 0 aromatic heterocycles. The summed E-state index contributed by atoms with van der Waals surface area (Å²) in [4.78, 5) is 26.6. The second-order valence-corrected chi connectivity index (χ2v) is 7.24. The minimum Gasteiger partial charge on any atom is -0.349 e. The van der Waals surface area contributed by atoms with Crippen LogP contribution in [0.25, 0.3) is 0 Å². The van der Waals surface area contributed by atoms with Gasteiger partial charge in [-0.05, 0) is 31.9 Å². The van der Waals surface area contributed by atoms with Gasteiger partial charge in [-0.1, -0.05) is 17.7 Å². The molecule has 2 fully saturated rings. The van der Waals surface area contributed by atoms with Crippen LogP contribution in [0.2, 0.25) is 0 Å². The second-order valence-electron chi connectivity index (χ2n) is 6.21. The first-order valence-electron chi connectivity index (χ1n) is 8.11. The summed E-state index contributed by atoms with van der Waals surface area (Å²) in [6, 6.07) is 7.74. The Hall–Kier alpha value is -1.53. The van der Waals surface area contributed by atoms with E-state index in [1.165, 1.54) is 0 Å². The molecular weight excluding hydrogens is 310 g/mol. The molecule has 3 rings (SSSR count). The van der Waals surface area contributed by atoms with Crippen LogP contribution in [0.3, 0.4) is 0 Å². The van der Waals surface area contributed by atoms with Gasteiger partial charge in [-0.2, -0.15) is 0 Å². The summed E-state index contributed by atoms with van der Waals surface area (Å²) >= 11 is 1.77. The van der Waals surface area contributed by atoms with E-state index in [0.29, 0.717) is 5.56 Å². The molecule has 0 saturated carbocycles. The molecule has 2 saturated heterocycles. The number of piperidine rings is 1. The second kappa shape index (κ2) is 7.36. The molecule has 5 nitrogen and oxygen atoms in total. The summed E-state index contributed by atoms with van der Waals surface area (Å²) in [6.45, 7) is 3.43. The van der Waals surface area contributed by atoms with Crippen molar-refractivity contribution in [3.63, 3.8) is 0 Å². The summed E-state index contributed by atoms with van der Waals surface area (Å²) in [5.41, 5.74) is 1.79. The Morgan fingerprint density at radius 3 is 2.74 bits per heavy atom. The predicted molar refractivity (Wildman–Crippen MR) is 92.5 cm³/mol. The van der Waals surface area contributed by atoms with Crippen LogP contribution in [-0.2, 0) is 4.79 Å². The Kier molecular flexibility index (Phi) is 5.23. The summed E-state index contributed by atoms with van der Waals surface area (Å²) < 4.78 is 0. The van der Waals surface area contributed by atoms with Gasteiger partial charge in [0, 0.05) is 36.3 Å². The van der Waals surface area contributed by atoms with Gasteiger partial charge in [-0.15, -0.1) is 11.8 Å². The number of benzene rings is 1. The van der Waals surface area contributed by atoms with Gasteiger partial charge >= 0.3 is 0 Å². The molecule has 23 heavy (non-hydrogen) atoms. The van der Waals surface area contributed by atoms with Crippen molar-refractivity contribution >= 4 is 23.6 Å². The van der Waals surface area contributed by atoms with E-state index in [2.05, 4.69) is 10.6 Å². The first-order valence-corrected chi connectivity index (χ1v) is 9.26. The number of rotatable bonds is 3. The van der Waals surface area contributed by atoms with Crippen LogP contribution in [-0.4, -0.2) is 53.5 Å². The van der Waals surface area contributed by atoms with Crippen LogP contribution in [0.1, 0.15) is 28.8 Å². The van der Waals surface area contributed by atoms with Crippen molar-refractivity contribution in [1.29, 1.82) is 0 Å². The highest BCUT2D eigenvalue weighted by molar-refractivity contribution is 7.99. The van der Waals surface area contributed by atoms with E-state index in [1.807, 2.05) is 36.1 Å². The Morgan fingerprint density at radius 2 is 2.09 bits per heavy atom. The van der Waals surface area contributed by atoms with E-state index in [1.54, 1.807) is 11.8 Å². The Morgan fingerprint density at radius 1 is 1.30 bits per heavy atom. The molecular formula is C17H23N3O2S. The van der Waals surface area contributed by atoms with E-state index in [4.69, 9.17) is 0 Å². The third-order valence-corrected chi connectivity index (χ3v) is 5.38. The average molecular weight is 333 g/mol. The number of nitrogens with zero attached hydrogens (tertiary/aromatic N) is 1. The first kappa shape index (κ1) is 16.3. The molecule has 0 spiro atoms. The molecule has 0 radical (unpaired) electrons. The number of hydrogen-bond acceptors (Lipinski definition) is 4. The van der Waals surface area contributed by atoms with Gasteiger partial charge < -0.3 is 10.2 Å². The molecule has 1 aromatic carbocycles. The summed E-state index contributed by atoms with van der Waals surface area (Å²) in [7, 11) is 0. The lowest BCUT2D eigenvalue weighted by atomic mass is 10.0. The van der Waals surface area contributed by atoms with Gasteiger partial charge in [0.2, 0.25) is 5.91 Å². The van der Waals surface area contributed by atoms with Crippen LogP contribution in [0, 0.1) is 6.92 Å². The monoisotopic (exact) mass is 333 g/mol. The molecule has 0 aliphatic carbocycles.